The molecule has 1 saturated heterocycles. The summed E-state index contributed by atoms with van der Waals surface area (Å²) in [5, 5.41) is 10.1. The molecule has 1 aromatic heterocycles. The van der Waals surface area contributed by atoms with Crippen LogP contribution in [0.4, 0.5) is 5.13 Å². The third kappa shape index (κ3) is 6.49. The minimum Gasteiger partial charge on any atom is -0.489 e. The molecule has 0 spiro atoms. The zero-order valence-electron chi connectivity index (χ0n) is 17.2. The van der Waals surface area contributed by atoms with Crippen molar-refractivity contribution in [2.45, 2.75) is 32.7 Å². The van der Waals surface area contributed by atoms with Crippen LogP contribution in [0.25, 0.3) is 0 Å². The van der Waals surface area contributed by atoms with E-state index in [-0.39, 0.29) is 0 Å². The molecule has 29 heavy (non-hydrogen) atoms. The van der Waals surface area contributed by atoms with Gasteiger partial charge in [0, 0.05) is 43.5 Å². The zero-order chi connectivity index (χ0) is 20.3. The molecule has 2 N–H and O–H groups in total. The largest absolute Gasteiger partial charge is 0.489 e. The molecule has 0 amide bonds. The van der Waals surface area contributed by atoms with Gasteiger partial charge in [-0.15, -0.1) is 11.3 Å². The second kappa shape index (κ2) is 11.5. The van der Waals surface area contributed by atoms with Crippen molar-refractivity contribution in [3.8, 4) is 5.75 Å². The monoisotopic (exact) mass is 413 g/mol. The van der Waals surface area contributed by atoms with E-state index in [1.54, 1.807) is 17.4 Å². The molecule has 2 heterocycles. The minimum atomic E-state index is 0.492. The van der Waals surface area contributed by atoms with Crippen molar-refractivity contribution in [2.24, 2.45) is 4.99 Å². The second-order valence-electron chi connectivity index (χ2n) is 6.89. The minimum absolute atomic E-state index is 0.492. The third-order valence-corrected chi connectivity index (χ3v) is 5.62. The number of aromatic nitrogens is 1. The number of hydrogen-bond donors (Lipinski definition) is 2. The van der Waals surface area contributed by atoms with Crippen molar-refractivity contribution >= 4 is 22.4 Å². The lowest BCUT2D eigenvalue weighted by atomic mass is 10.2. The number of ether oxygens (including phenoxy) is 1. The predicted molar refractivity (Wildman–Crippen MR) is 122 cm³/mol. The zero-order valence-corrected chi connectivity index (χ0v) is 18.0. The average molecular weight is 414 g/mol. The van der Waals surface area contributed by atoms with Gasteiger partial charge in [0.05, 0.1) is 12.2 Å². The van der Waals surface area contributed by atoms with Gasteiger partial charge in [-0.25, -0.2) is 9.98 Å². The van der Waals surface area contributed by atoms with Crippen molar-refractivity contribution < 1.29 is 4.74 Å². The van der Waals surface area contributed by atoms with E-state index in [1.165, 1.54) is 12.8 Å². The first-order valence-corrected chi connectivity index (χ1v) is 11.2. The number of benzene rings is 1. The van der Waals surface area contributed by atoms with Crippen molar-refractivity contribution in [3.63, 3.8) is 0 Å². The van der Waals surface area contributed by atoms with Crippen LogP contribution in [0.3, 0.4) is 0 Å². The molecular formula is C22H31N5OS. The van der Waals surface area contributed by atoms with Gasteiger partial charge in [-0.2, -0.15) is 0 Å². The Morgan fingerprint density at radius 1 is 1.31 bits per heavy atom. The van der Waals surface area contributed by atoms with Crippen molar-refractivity contribution in [2.75, 3.05) is 37.7 Å². The Kier molecular flexibility index (Phi) is 8.37. The standard InChI is InChI=1S/C22H31N5OS/c1-3-15-28-20-10-6-5-9-18(20)16-25-21(23-4-2)24-12-11-19-17-29-22(26-19)27-13-7-8-14-27/h3,5-6,9-10,17H,1,4,7-8,11-16H2,2H3,(H2,23,24,25). The van der Waals surface area contributed by atoms with E-state index in [0.717, 1.165) is 60.7 Å². The SMILES string of the molecule is C=CCOc1ccccc1CN=C(NCC)NCCc1csc(N2CCCC2)n1. The van der Waals surface area contributed by atoms with Crippen LogP contribution in [0.2, 0.25) is 0 Å². The number of para-hydroxylation sites is 1. The number of thiazole rings is 1. The quantitative estimate of drug-likeness (QED) is 0.354. The van der Waals surface area contributed by atoms with Crippen molar-refractivity contribution in [3.05, 3.63) is 53.6 Å². The summed E-state index contributed by atoms with van der Waals surface area (Å²) < 4.78 is 5.72. The summed E-state index contributed by atoms with van der Waals surface area (Å²) in [6.45, 7) is 10.7. The summed E-state index contributed by atoms with van der Waals surface area (Å²) in [5.41, 5.74) is 2.20. The molecule has 1 aliphatic rings. The highest BCUT2D eigenvalue weighted by atomic mass is 32.1. The lowest BCUT2D eigenvalue weighted by Gasteiger charge is -2.13. The van der Waals surface area contributed by atoms with Gasteiger partial charge in [-0.1, -0.05) is 30.9 Å². The maximum atomic E-state index is 5.72. The maximum absolute atomic E-state index is 5.72. The van der Waals surface area contributed by atoms with Crippen LogP contribution in [0.5, 0.6) is 5.75 Å². The van der Waals surface area contributed by atoms with Gasteiger partial charge >= 0.3 is 0 Å². The van der Waals surface area contributed by atoms with Gasteiger partial charge in [0.1, 0.15) is 12.4 Å². The molecule has 7 heteroatoms. The molecule has 0 saturated carbocycles. The Hall–Kier alpha value is -2.54. The first kappa shape index (κ1) is 21.2. The lowest BCUT2D eigenvalue weighted by Crippen LogP contribution is -2.38. The lowest BCUT2D eigenvalue weighted by molar-refractivity contribution is 0.359. The molecule has 2 aromatic rings. The summed E-state index contributed by atoms with van der Waals surface area (Å²) in [6.07, 6.45) is 5.19. The van der Waals surface area contributed by atoms with E-state index >= 15 is 0 Å². The molecule has 1 fully saturated rings. The number of anilines is 1. The van der Waals surface area contributed by atoms with E-state index < -0.39 is 0 Å². The van der Waals surface area contributed by atoms with E-state index in [0.29, 0.717) is 13.2 Å². The highest BCUT2D eigenvalue weighted by Gasteiger charge is 2.15. The van der Waals surface area contributed by atoms with Gasteiger partial charge in [0.25, 0.3) is 0 Å². The number of guanidine groups is 1. The number of nitrogens with zero attached hydrogens (tertiary/aromatic N) is 3. The van der Waals surface area contributed by atoms with Crippen LogP contribution in [0, 0.1) is 0 Å². The Morgan fingerprint density at radius 3 is 2.93 bits per heavy atom. The van der Waals surface area contributed by atoms with Crippen LogP contribution < -0.4 is 20.3 Å². The molecule has 156 valence electrons. The first-order valence-electron chi connectivity index (χ1n) is 10.3. The van der Waals surface area contributed by atoms with E-state index in [4.69, 9.17) is 14.7 Å². The summed E-state index contributed by atoms with van der Waals surface area (Å²) >= 11 is 1.75. The molecule has 1 aliphatic heterocycles. The molecule has 0 atom stereocenters. The Labute approximate surface area is 177 Å². The van der Waals surface area contributed by atoms with Gasteiger partial charge in [-0.3, -0.25) is 0 Å². The number of nitrogens with one attached hydrogen (secondary N) is 2. The summed E-state index contributed by atoms with van der Waals surface area (Å²) in [5.74, 6) is 1.66. The highest BCUT2D eigenvalue weighted by Crippen LogP contribution is 2.24. The van der Waals surface area contributed by atoms with Crippen LogP contribution in [-0.4, -0.2) is 43.7 Å². The normalized spacial score (nSPS) is 14.1. The number of hydrogen-bond acceptors (Lipinski definition) is 5. The summed E-state index contributed by atoms with van der Waals surface area (Å²) in [7, 11) is 0. The molecule has 1 aromatic carbocycles. The fourth-order valence-electron chi connectivity index (χ4n) is 3.20. The molecule has 0 bridgehead atoms. The van der Waals surface area contributed by atoms with Gasteiger partial charge in [0.15, 0.2) is 11.1 Å². The summed E-state index contributed by atoms with van der Waals surface area (Å²) in [6, 6.07) is 7.99. The highest BCUT2D eigenvalue weighted by molar-refractivity contribution is 7.13. The first-order chi connectivity index (χ1) is 14.3. The smallest absolute Gasteiger partial charge is 0.191 e. The van der Waals surface area contributed by atoms with Gasteiger partial charge in [-0.05, 0) is 25.8 Å². The van der Waals surface area contributed by atoms with Crippen LogP contribution >= 0.6 is 11.3 Å². The molecule has 3 rings (SSSR count). The predicted octanol–water partition coefficient (Wildman–Crippen LogP) is 3.61. The van der Waals surface area contributed by atoms with Crippen LogP contribution in [-0.2, 0) is 13.0 Å². The van der Waals surface area contributed by atoms with Gasteiger partial charge < -0.3 is 20.3 Å². The number of aliphatic imine (C=N–C) groups is 1. The summed E-state index contributed by atoms with van der Waals surface area (Å²) in [4.78, 5) is 11.9. The Morgan fingerprint density at radius 2 is 2.14 bits per heavy atom. The molecule has 6 nitrogen and oxygen atoms in total. The molecule has 0 unspecified atom stereocenters. The van der Waals surface area contributed by atoms with E-state index in [2.05, 4.69) is 34.4 Å². The fourth-order valence-corrected chi connectivity index (χ4v) is 4.12. The third-order valence-electron chi connectivity index (χ3n) is 4.67. The average Bonchev–Trinajstić information content (AvgIpc) is 3.43. The van der Waals surface area contributed by atoms with E-state index in [9.17, 15) is 0 Å². The molecular weight excluding hydrogens is 382 g/mol. The Balaban J connectivity index is 1.52. The van der Waals surface area contributed by atoms with Gasteiger partial charge in [0.2, 0.25) is 0 Å². The van der Waals surface area contributed by atoms with Crippen LogP contribution in [0.1, 0.15) is 31.0 Å². The topological polar surface area (TPSA) is 61.8 Å². The molecule has 0 aliphatic carbocycles. The van der Waals surface area contributed by atoms with Crippen molar-refractivity contribution in [1.82, 2.24) is 15.6 Å². The Bertz CT molecular complexity index is 798. The number of rotatable bonds is 10. The van der Waals surface area contributed by atoms with Crippen molar-refractivity contribution in [1.29, 1.82) is 0 Å². The maximum Gasteiger partial charge on any atom is 0.191 e. The second-order valence-corrected chi connectivity index (χ2v) is 7.73. The fraction of sp³-hybridized carbons (Fsp3) is 0.455. The van der Waals surface area contributed by atoms with E-state index in [1.807, 2.05) is 24.3 Å². The van der Waals surface area contributed by atoms with Crippen LogP contribution in [0.15, 0.2) is 47.3 Å². The molecule has 0 radical (unpaired) electrons.